The molecule has 0 unspecified atom stereocenters. The van der Waals surface area contributed by atoms with Crippen LogP contribution >= 0.6 is 0 Å². The molecule has 0 spiro atoms. The Balaban J connectivity index is 1.48. The lowest BCUT2D eigenvalue weighted by Gasteiger charge is -2.32. The number of aromatic nitrogens is 3. The van der Waals surface area contributed by atoms with Gasteiger partial charge in [0.2, 0.25) is 0 Å². The van der Waals surface area contributed by atoms with E-state index in [0.717, 1.165) is 32.5 Å². The Bertz CT molecular complexity index is 681. The lowest BCUT2D eigenvalue weighted by Crippen LogP contribution is -2.39. The van der Waals surface area contributed by atoms with Crippen LogP contribution in [0.2, 0.25) is 0 Å². The number of pyridine rings is 1. The molecule has 1 amide bonds. The highest BCUT2D eigenvalue weighted by Crippen LogP contribution is 2.20. The monoisotopic (exact) mass is 359 g/mol. The fourth-order valence-electron chi connectivity index (χ4n) is 3.09. The van der Waals surface area contributed by atoms with Gasteiger partial charge in [-0.15, -0.1) is 0 Å². The van der Waals surface area contributed by atoms with Crippen molar-refractivity contribution in [3.8, 4) is 0 Å². The van der Waals surface area contributed by atoms with Crippen LogP contribution in [0, 0.1) is 5.92 Å². The number of carbonyl (C=O) groups is 1. The second-order valence-corrected chi connectivity index (χ2v) is 6.61. The highest BCUT2D eigenvalue weighted by Gasteiger charge is 2.24. The highest BCUT2D eigenvalue weighted by atomic mass is 16.3. The molecule has 1 fully saturated rings. The lowest BCUT2D eigenvalue weighted by atomic mass is 9.96. The number of piperidine rings is 1. The number of rotatable bonds is 7. The van der Waals surface area contributed by atoms with Crippen LogP contribution in [0.4, 0.5) is 5.82 Å². The predicted octanol–water partition coefficient (Wildman–Crippen LogP) is 0.596. The van der Waals surface area contributed by atoms with Gasteiger partial charge in [-0.1, -0.05) is 0 Å². The lowest BCUT2D eigenvalue weighted by molar-refractivity contribution is 0.0681. The molecule has 0 aliphatic carbocycles. The van der Waals surface area contributed by atoms with Gasteiger partial charge in [0, 0.05) is 44.8 Å². The minimum Gasteiger partial charge on any atom is -0.394 e. The second kappa shape index (κ2) is 8.77. The predicted molar refractivity (Wildman–Crippen MR) is 96.7 cm³/mol. The van der Waals surface area contributed by atoms with E-state index in [1.807, 2.05) is 21.8 Å². The first kappa shape index (κ1) is 18.3. The molecule has 0 aromatic carbocycles. The average Bonchev–Trinajstić information content (AvgIpc) is 3.19. The van der Waals surface area contributed by atoms with Crippen LogP contribution in [0.25, 0.3) is 0 Å². The molecule has 8 nitrogen and oxygen atoms in total. The fraction of sp³-hybridized carbons (Fsp3) is 0.500. The summed E-state index contributed by atoms with van der Waals surface area (Å²) in [7, 11) is 0. The van der Waals surface area contributed by atoms with Crippen molar-refractivity contribution in [3.63, 3.8) is 0 Å². The van der Waals surface area contributed by atoms with Crippen molar-refractivity contribution in [1.29, 1.82) is 0 Å². The Morgan fingerprint density at radius 3 is 2.77 bits per heavy atom. The van der Waals surface area contributed by atoms with Gasteiger partial charge in [0.15, 0.2) is 0 Å². The zero-order valence-electron chi connectivity index (χ0n) is 14.7. The number of nitrogens with one attached hydrogen (secondary N) is 1. The van der Waals surface area contributed by atoms with E-state index < -0.39 is 6.10 Å². The summed E-state index contributed by atoms with van der Waals surface area (Å²) in [5, 5.41) is 25.3. The van der Waals surface area contributed by atoms with Crippen LogP contribution in [0.5, 0.6) is 0 Å². The number of aliphatic hydroxyl groups excluding tert-OH is 2. The minimum atomic E-state index is -0.832. The molecule has 140 valence electrons. The standard InChI is InChI=1S/C18H25N5O3/c24-13-16(25)11-20-17-3-2-15(10-19-17)18(26)22-8-4-14(5-9-22)12-23-7-1-6-21-23/h1-3,6-7,10,14,16,24-25H,4-5,8-9,11-13H2,(H,19,20)/t16-/m1/s1. The van der Waals surface area contributed by atoms with Crippen molar-refractivity contribution in [2.45, 2.75) is 25.5 Å². The molecule has 3 N–H and O–H groups in total. The Hall–Kier alpha value is -2.45. The minimum absolute atomic E-state index is 0.00279. The first-order valence-electron chi connectivity index (χ1n) is 8.91. The van der Waals surface area contributed by atoms with Crippen molar-refractivity contribution in [2.75, 3.05) is 31.6 Å². The Kier molecular flexibility index (Phi) is 6.19. The van der Waals surface area contributed by atoms with E-state index >= 15 is 0 Å². The van der Waals surface area contributed by atoms with E-state index in [1.54, 1.807) is 24.5 Å². The summed E-state index contributed by atoms with van der Waals surface area (Å²) in [5.41, 5.74) is 0.559. The van der Waals surface area contributed by atoms with Gasteiger partial charge in [0.05, 0.1) is 18.3 Å². The first-order chi connectivity index (χ1) is 12.7. The number of hydrogen-bond donors (Lipinski definition) is 3. The van der Waals surface area contributed by atoms with Crippen molar-refractivity contribution < 1.29 is 15.0 Å². The second-order valence-electron chi connectivity index (χ2n) is 6.61. The third kappa shape index (κ3) is 4.80. The Labute approximate surface area is 152 Å². The van der Waals surface area contributed by atoms with Crippen LogP contribution in [0.1, 0.15) is 23.2 Å². The number of aliphatic hydroxyl groups is 2. The maximum Gasteiger partial charge on any atom is 0.255 e. The molecule has 1 aliphatic heterocycles. The SMILES string of the molecule is O=C(c1ccc(NC[C@@H](O)CO)nc1)N1CCC(Cn2cccn2)CC1. The molecule has 1 aliphatic rings. The quantitative estimate of drug-likeness (QED) is 0.669. The summed E-state index contributed by atoms with van der Waals surface area (Å²) in [4.78, 5) is 18.7. The summed E-state index contributed by atoms with van der Waals surface area (Å²) in [6.45, 7) is 2.29. The van der Waals surface area contributed by atoms with Crippen molar-refractivity contribution in [2.24, 2.45) is 5.92 Å². The van der Waals surface area contributed by atoms with E-state index in [1.165, 1.54) is 0 Å². The van der Waals surface area contributed by atoms with Gasteiger partial charge in [-0.2, -0.15) is 5.10 Å². The van der Waals surface area contributed by atoms with Crippen molar-refractivity contribution in [3.05, 3.63) is 42.4 Å². The summed E-state index contributed by atoms with van der Waals surface area (Å²) in [6, 6.07) is 5.37. The normalized spacial score (nSPS) is 16.5. The van der Waals surface area contributed by atoms with Crippen LogP contribution in [0.3, 0.4) is 0 Å². The number of likely N-dealkylation sites (tertiary alicyclic amines) is 1. The molecule has 1 atom stereocenters. The van der Waals surface area contributed by atoms with Gasteiger partial charge in [-0.05, 0) is 37.0 Å². The van der Waals surface area contributed by atoms with Crippen molar-refractivity contribution >= 4 is 11.7 Å². The van der Waals surface area contributed by atoms with Crippen LogP contribution in [-0.2, 0) is 6.54 Å². The van der Waals surface area contributed by atoms with E-state index in [9.17, 15) is 9.90 Å². The van der Waals surface area contributed by atoms with E-state index in [-0.39, 0.29) is 19.1 Å². The molecule has 3 heterocycles. The number of amides is 1. The molecule has 8 heteroatoms. The molecule has 0 bridgehead atoms. The average molecular weight is 359 g/mol. The molecule has 3 rings (SSSR count). The smallest absolute Gasteiger partial charge is 0.255 e. The summed E-state index contributed by atoms with van der Waals surface area (Å²) >= 11 is 0. The Morgan fingerprint density at radius 2 is 2.15 bits per heavy atom. The highest BCUT2D eigenvalue weighted by molar-refractivity contribution is 5.94. The zero-order valence-corrected chi connectivity index (χ0v) is 14.7. The van der Waals surface area contributed by atoms with Gasteiger partial charge in [-0.3, -0.25) is 9.48 Å². The molecule has 0 saturated carbocycles. The summed E-state index contributed by atoms with van der Waals surface area (Å²) < 4.78 is 1.95. The number of anilines is 1. The molecule has 26 heavy (non-hydrogen) atoms. The van der Waals surface area contributed by atoms with Crippen molar-refractivity contribution in [1.82, 2.24) is 19.7 Å². The third-order valence-electron chi connectivity index (χ3n) is 4.65. The summed E-state index contributed by atoms with van der Waals surface area (Å²) in [5.74, 6) is 1.10. The first-order valence-corrected chi connectivity index (χ1v) is 8.91. The number of hydrogen-bond acceptors (Lipinski definition) is 6. The molecule has 0 radical (unpaired) electrons. The molecular formula is C18H25N5O3. The van der Waals surface area contributed by atoms with Gasteiger partial charge >= 0.3 is 0 Å². The zero-order chi connectivity index (χ0) is 18.4. The largest absolute Gasteiger partial charge is 0.394 e. The molecule has 2 aromatic heterocycles. The van der Waals surface area contributed by atoms with Gasteiger partial charge in [0.25, 0.3) is 5.91 Å². The van der Waals surface area contributed by atoms with Crippen LogP contribution in [0.15, 0.2) is 36.8 Å². The third-order valence-corrected chi connectivity index (χ3v) is 4.65. The van der Waals surface area contributed by atoms with Crippen LogP contribution < -0.4 is 5.32 Å². The van der Waals surface area contributed by atoms with Gasteiger partial charge in [-0.25, -0.2) is 4.98 Å². The van der Waals surface area contributed by atoms with E-state index in [2.05, 4.69) is 15.4 Å². The maximum absolute atomic E-state index is 12.6. The number of nitrogens with zero attached hydrogens (tertiary/aromatic N) is 4. The van der Waals surface area contributed by atoms with Gasteiger partial charge in [0.1, 0.15) is 5.82 Å². The van der Waals surface area contributed by atoms with E-state index in [4.69, 9.17) is 5.11 Å². The van der Waals surface area contributed by atoms with E-state index in [0.29, 0.717) is 17.3 Å². The molecule has 1 saturated heterocycles. The molecule has 2 aromatic rings. The van der Waals surface area contributed by atoms with Crippen LogP contribution in [-0.4, -0.2) is 68.1 Å². The topological polar surface area (TPSA) is 104 Å². The Morgan fingerprint density at radius 1 is 1.35 bits per heavy atom. The summed E-state index contributed by atoms with van der Waals surface area (Å²) in [6.07, 6.45) is 6.41. The molecular weight excluding hydrogens is 334 g/mol. The maximum atomic E-state index is 12.6. The fourth-order valence-corrected chi connectivity index (χ4v) is 3.09. The van der Waals surface area contributed by atoms with Gasteiger partial charge < -0.3 is 20.4 Å². The number of carbonyl (C=O) groups excluding carboxylic acids is 1.